The zero-order valence-electron chi connectivity index (χ0n) is 8.88. The summed E-state index contributed by atoms with van der Waals surface area (Å²) in [6.07, 6.45) is 0. The summed E-state index contributed by atoms with van der Waals surface area (Å²) in [4.78, 5) is 4.39. The summed E-state index contributed by atoms with van der Waals surface area (Å²) in [6.45, 7) is 7.19. The first-order valence-corrected chi connectivity index (χ1v) is 6.25. The van der Waals surface area contributed by atoms with Crippen molar-refractivity contribution in [3.8, 4) is 0 Å². The highest BCUT2D eigenvalue weighted by atomic mass is 35.5. The van der Waals surface area contributed by atoms with Crippen molar-refractivity contribution in [2.75, 3.05) is 5.88 Å². The summed E-state index contributed by atoms with van der Waals surface area (Å²) >= 11 is 7.54. The summed E-state index contributed by atoms with van der Waals surface area (Å²) in [7, 11) is 0. The highest BCUT2D eigenvalue weighted by molar-refractivity contribution is 7.09. The van der Waals surface area contributed by atoms with Crippen molar-refractivity contribution >= 4 is 22.9 Å². The average molecular weight is 233 g/mol. The standard InChI is InChI=1S/C10H17ClN2S/c1-7(2)10(4-11)12-5-9-6-14-8(3)13-9/h6-7,10,12H,4-5H2,1-3H3. The molecule has 1 N–H and O–H groups in total. The van der Waals surface area contributed by atoms with Crippen LogP contribution in [0.2, 0.25) is 0 Å². The highest BCUT2D eigenvalue weighted by Gasteiger charge is 2.11. The van der Waals surface area contributed by atoms with Crippen molar-refractivity contribution < 1.29 is 0 Å². The van der Waals surface area contributed by atoms with Crippen LogP contribution in [0, 0.1) is 12.8 Å². The molecule has 1 aromatic heterocycles. The van der Waals surface area contributed by atoms with Crippen molar-refractivity contribution in [3.05, 3.63) is 16.1 Å². The summed E-state index contributed by atoms with van der Waals surface area (Å²) in [5, 5.41) is 6.62. The molecule has 1 atom stereocenters. The molecule has 0 aliphatic carbocycles. The molecule has 4 heteroatoms. The number of thiazole rings is 1. The van der Waals surface area contributed by atoms with Crippen LogP contribution in [0.1, 0.15) is 24.5 Å². The fourth-order valence-corrected chi connectivity index (χ4v) is 2.27. The van der Waals surface area contributed by atoms with E-state index in [1.807, 2.05) is 6.92 Å². The molecule has 0 aliphatic heterocycles. The smallest absolute Gasteiger partial charge is 0.0897 e. The fourth-order valence-electron chi connectivity index (χ4n) is 1.19. The Morgan fingerprint density at radius 2 is 2.29 bits per heavy atom. The normalized spacial score (nSPS) is 13.5. The molecule has 1 heterocycles. The number of rotatable bonds is 5. The Bertz CT molecular complexity index is 273. The Hall–Kier alpha value is -0.120. The molecule has 0 bridgehead atoms. The number of alkyl halides is 1. The molecular weight excluding hydrogens is 216 g/mol. The van der Waals surface area contributed by atoms with Gasteiger partial charge in [0.25, 0.3) is 0 Å². The van der Waals surface area contributed by atoms with Gasteiger partial charge in [-0.05, 0) is 12.8 Å². The van der Waals surface area contributed by atoms with Crippen LogP contribution in [-0.4, -0.2) is 16.9 Å². The average Bonchev–Trinajstić information content (AvgIpc) is 2.52. The van der Waals surface area contributed by atoms with Crippen molar-refractivity contribution in [3.63, 3.8) is 0 Å². The van der Waals surface area contributed by atoms with Gasteiger partial charge in [0.1, 0.15) is 0 Å². The molecule has 0 radical (unpaired) electrons. The third-order valence-corrected chi connectivity index (χ3v) is 3.34. The van der Waals surface area contributed by atoms with Gasteiger partial charge in [0.2, 0.25) is 0 Å². The predicted octanol–water partition coefficient (Wildman–Crippen LogP) is 2.80. The molecule has 0 saturated heterocycles. The predicted molar refractivity (Wildman–Crippen MR) is 63.0 cm³/mol. The first-order valence-electron chi connectivity index (χ1n) is 4.84. The SMILES string of the molecule is Cc1nc(CNC(CCl)C(C)C)cs1. The zero-order valence-corrected chi connectivity index (χ0v) is 10.5. The molecule has 1 rings (SSSR count). The van der Waals surface area contributed by atoms with Crippen LogP contribution in [0.25, 0.3) is 0 Å². The molecule has 0 saturated carbocycles. The molecule has 0 aromatic carbocycles. The van der Waals surface area contributed by atoms with Crippen LogP contribution in [0.4, 0.5) is 0 Å². The minimum absolute atomic E-state index is 0.374. The van der Waals surface area contributed by atoms with Gasteiger partial charge < -0.3 is 5.32 Å². The van der Waals surface area contributed by atoms with Gasteiger partial charge in [-0.3, -0.25) is 0 Å². The minimum atomic E-state index is 0.374. The van der Waals surface area contributed by atoms with Crippen molar-refractivity contribution in [1.82, 2.24) is 10.3 Å². The van der Waals surface area contributed by atoms with E-state index >= 15 is 0 Å². The minimum Gasteiger partial charge on any atom is -0.307 e. The highest BCUT2D eigenvalue weighted by Crippen LogP contribution is 2.09. The van der Waals surface area contributed by atoms with Crippen LogP contribution in [0.15, 0.2) is 5.38 Å². The van der Waals surface area contributed by atoms with Gasteiger partial charge in [-0.25, -0.2) is 4.98 Å². The summed E-state index contributed by atoms with van der Waals surface area (Å²) < 4.78 is 0. The Morgan fingerprint density at radius 1 is 1.57 bits per heavy atom. The van der Waals surface area contributed by atoms with E-state index in [0.717, 1.165) is 17.2 Å². The number of nitrogens with one attached hydrogen (secondary N) is 1. The Balaban J connectivity index is 2.39. The number of hydrogen-bond acceptors (Lipinski definition) is 3. The third kappa shape index (κ3) is 3.56. The van der Waals surface area contributed by atoms with E-state index in [-0.39, 0.29) is 0 Å². The van der Waals surface area contributed by atoms with Gasteiger partial charge in [0.05, 0.1) is 10.7 Å². The lowest BCUT2D eigenvalue weighted by molar-refractivity contribution is 0.428. The van der Waals surface area contributed by atoms with Crippen molar-refractivity contribution in [2.24, 2.45) is 5.92 Å². The number of nitrogens with zero attached hydrogens (tertiary/aromatic N) is 1. The third-order valence-electron chi connectivity index (χ3n) is 2.18. The second-order valence-corrected chi connectivity index (χ2v) is 5.11. The first-order chi connectivity index (χ1) is 6.63. The molecule has 80 valence electrons. The largest absolute Gasteiger partial charge is 0.307 e. The van der Waals surface area contributed by atoms with Crippen molar-refractivity contribution in [2.45, 2.75) is 33.4 Å². The lowest BCUT2D eigenvalue weighted by atomic mass is 10.1. The fraction of sp³-hybridized carbons (Fsp3) is 0.700. The van der Waals surface area contributed by atoms with E-state index in [1.54, 1.807) is 11.3 Å². The molecule has 14 heavy (non-hydrogen) atoms. The van der Waals surface area contributed by atoms with E-state index in [1.165, 1.54) is 0 Å². The maximum absolute atomic E-state index is 5.85. The van der Waals surface area contributed by atoms with E-state index in [4.69, 9.17) is 11.6 Å². The zero-order chi connectivity index (χ0) is 10.6. The molecule has 0 amide bonds. The molecule has 0 fully saturated rings. The molecular formula is C10H17ClN2S. The molecule has 0 aliphatic rings. The summed E-state index contributed by atoms with van der Waals surface area (Å²) in [6, 6.07) is 0.374. The molecule has 2 nitrogen and oxygen atoms in total. The molecule has 1 aromatic rings. The lowest BCUT2D eigenvalue weighted by Crippen LogP contribution is -2.34. The number of aryl methyl sites for hydroxylation is 1. The van der Waals surface area contributed by atoms with Crippen molar-refractivity contribution in [1.29, 1.82) is 0 Å². The topological polar surface area (TPSA) is 24.9 Å². The van der Waals surface area contributed by atoms with Gasteiger partial charge in [0.15, 0.2) is 0 Å². The lowest BCUT2D eigenvalue weighted by Gasteiger charge is -2.18. The maximum atomic E-state index is 5.85. The van der Waals surface area contributed by atoms with Gasteiger partial charge in [0, 0.05) is 23.8 Å². The van der Waals surface area contributed by atoms with E-state index in [2.05, 4.69) is 29.5 Å². The Kier molecular flexibility index (Phi) is 4.85. The van der Waals surface area contributed by atoms with Gasteiger partial charge in [-0.1, -0.05) is 13.8 Å². The quantitative estimate of drug-likeness (QED) is 0.790. The van der Waals surface area contributed by atoms with Gasteiger partial charge in [-0.2, -0.15) is 0 Å². The summed E-state index contributed by atoms with van der Waals surface area (Å²) in [5.74, 6) is 1.22. The second kappa shape index (κ2) is 5.69. The summed E-state index contributed by atoms with van der Waals surface area (Å²) in [5.41, 5.74) is 1.11. The van der Waals surface area contributed by atoms with E-state index in [0.29, 0.717) is 17.8 Å². The van der Waals surface area contributed by atoms with E-state index in [9.17, 15) is 0 Å². The molecule has 1 unspecified atom stereocenters. The number of aromatic nitrogens is 1. The Morgan fingerprint density at radius 3 is 2.71 bits per heavy atom. The van der Waals surface area contributed by atoms with Crippen LogP contribution >= 0.6 is 22.9 Å². The first kappa shape index (κ1) is 12.0. The Labute approximate surface area is 94.7 Å². The number of halogens is 1. The van der Waals surface area contributed by atoms with Gasteiger partial charge in [-0.15, -0.1) is 22.9 Å². The molecule has 0 spiro atoms. The van der Waals surface area contributed by atoms with Crippen LogP contribution < -0.4 is 5.32 Å². The van der Waals surface area contributed by atoms with Crippen LogP contribution in [-0.2, 0) is 6.54 Å². The number of hydrogen-bond donors (Lipinski definition) is 1. The monoisotopic (exact) mass is 232 g/mol. The second-order valence-electron chi connectivity index (χ2n) is 3.74. The van der Waals surface area contributed by atoms with Crippen LogP contribution in [0.3, 0.4) is 0 Å². The van der Waals surface area contributed by atoms with Gasteiger partial charge >= 0.3 is 0 Å². The maximum Gasteiger partial charge on any atom is 0.0897 e. The van der Waals surface area contributed by atoms with E-state index < -0.39 is 0 Å². The van der Waals surface area contributed by atoms with Crippen LogP contribution in [0.5, 0.6) is 0 Å².